The van der Waals surface area contributed by atoms with E-state index in [9.17, 15) is 39.6 Å². The highest BCUT2D eigenvalue weighted by atomic mass is 16.6. The van der Waals surface area contributed by atoms with Gasteiger partial charge in [0.25, 0.3) is 5.91 Å². The van der Waals surface area contributed by atoms with Crippen LogP contribution in [0, 0.1) is 16.7 Å². The van der Waals surface area contributed by atoms with Gasteiger partial charge < -0.3 is 44.7 Å². The van der Waals surface area contributed by atoms with Crippen molar-refractivity contribution in [3.8, 4) is 0 Å². The normalized spacial score (nSPS) is 33.8. The number of aliphatic hydroxyl groups excluding tert-OH is 3. The Balaban J connectivity index is 1.37. The van der Waals surface area contributed by atoms with Crippen molar-refractivity contribution < 1.29 is 63.3 Å². The minimum atomic E-state index is -2.37. The molecule has 11 atom stereocenters. The van der Waals surface area contributed by atoms with E-state index in [0.29, 0.717) is 11.1 Å². The van der Waals surface area contributed by atoms with E-state index in [0.717, 1.165) is 6.92 Å². The molecule has 14 heteroatoms. The SMILES string of the molecule is CO[C@H]1C(=O)[C@]2(C)C=C[C@@H](O)[C@](CO)(OC(C)=O)[C@H]2[C@]2(OC(=O)c3ccccc3)C[C@@]3(C)C1=C(C)[C@@H](OC(=O)[C@H](O)[C@@H](NC(=O)c1ccccc1)c1ccccc1)C[C@]32O. The summed E-state index contributed by atoms with van der Waals surface area (Å²) in [6.07, 6.45) is -4.71. The summed E-state index contributed by atoms with van der Waals surface area (Å²) in [6, 6.07) is 23.1. The van der Waals surface area contributed by atoms with Gasteiger partial charge in [-0.3, -0.25) is 14.4 Å². The summed E-state index contributed by atoms with van der Waals surface area (Å²) in [4.78, 5) is 70.0. The molecule has 5 aliphatic rings. The van der Waals surface area contributed by atoms with Crippen molar-refractivity contribution in [2.45, 2.75) is 87.8 Å². The molecule has 3 aromatic rings. The second kappa shape index (κ2) is 15.5. The fourth-order valence-electron chi connectivity index (χ4n) is 10.6. The van der Waals surface area contributed by atoms with Crippen molar-refractivity contribution in [2.24, 2.45) is 16.7 Å². The maximum Gasteiger partial charge on any atom is 0.338 e. The number of hydrogen-bond donors (Lipinski definition) is 5. The second-order valence-electron chi connectivity index (χ2n) is 16.6. The van der Waals surface area contributed by atoms with Crippen LogP contribution in [0.5, 0.6) is 0 Å². The fraction of sp³-hybridized carbons (Fsp3) is 0.413. The largest absolute Gasteiger partial charge is 0.456 e. The summed E-state index contributed by atoms with van der Waals surface area (Å²) in [5, 5.41) is 51.0. The number of fused-ring (bicyclic) bond motifs is 1. The van der Waals surface area contributed by atoms with Gasteiger partial charge in [-0.25, -0.2) is 9.59 Å². The average molecular weight is 824 g/mol. The van der Waals surface area contributed by atoms with E-state index in [1.807, 2.05) is 0 Å². The van der Waals surface area contributed by atoms with Crippen LogP contribution in [0.4, 0.5) is 0 Å². The third-order valence-corrected chi connectivity index (χ3v) is 13.3. The van der Waals surface area contributed by atoms with Gasteiger partial charge in [-0.2, -0.15) is 0 Å². The van der Waals surface area contributed by atoms with Crippen LogP contribution in [0.25, 0.3) is 0 Å². The molecule has 0 unspecified atom stereocenters. The van der Waals surface area contributed by atoms with Gasteiger partial charge >= 0.3 is 17.9 Å². The molecule has 14 nitrogen and oxygen atoms in total. The summed E-state index contributed by atoms with van der Waals surface area (Å²) < 4.78 is 24.4. The van der Waals surface area contributed by atoms with Crippen LogP contribution in [0.15, 0.2) is 114 Å². The number of nitrogens with one attached hydrogen (secondary N) is 1. The van der Waals surface area contributed by atoms with Crippen molar-refractivity contribution in [3.63, 3.8) is 0 Å². The van der Waals surface area contributed by atoms with Crippen molar-refractivity contribution >= 4 is 29.6 Å². The first-order valence-electron chi connectivity index (χ1n) is 19.7. The van der Waals surface area contributed by atoms with Gasteiger partial charge in [-0.1, -0.05) is 85.8 Å². The number of Topliss-reactive ketones (excluding diaryl/α,β-unsaturated/α-hetero) is 1. The molecule has 0 aliphatic heterocycles. The molecule has 0 aromatic heterocycles. The lowest BCUT2D eigenvalue weighted by Gasteiger charge is -2.75. The Morgan fingerprint density at radius 1 is 0.900 bits per heavy atom. The van der Waals surface area contributed by atoms with E-state index in [1.165, 1.54) is 38.3 Å². The highest BCUT2D eigenvalue weighted by molar-refractivity contribution is 5.97. The predicted molar refractivity (Wildman–Crippen MR) is 213 cm³/mol. The van der Waals surface area contributed by atoms with Gasteiger partial charge in [-0.05, 0) is 54.8 Å². The van der Waals surface area contributed by atoms with E-state index >= 15 is 4.79 Å². The zero-order valence-corrected chi connectivity index (χ0v) is 33.9. The first-order chi connectivity index (χ1) is 28.4. The zero-order valence-electron chi connectivity index (χ0n) is 33.9. The molecule has 8 rings (SSSR count). The number of esters is 3. The minimum absolute atomic E-state index is 0.0706. The van der Waals surface area contributed by atoms with Crippen molar-refractivity contribution in [1.29, 1.82) is 0 Å². The number of ketones is 1. The minimum Gasteiger partial charge on any atom is -0.456 e. The maximum atomic E-state index is 15.2. The third-order valence-electron chi connectivity index (χ3n) is 13.3. The second-order valence-corrected chi connectivity index (χ2v) is 16.6. The van der Waals surface area contributed by atoms with Gasteiger partial charge in [0.1, 0.15) is 23.9 Å². The zero-order chi connectivity index (χ0) is 43.4. The molecule has 3 saturated carbocycles. The molecule has 0 saturated heterocycles. The first-order valence-corrected chi connectivity index (χ1v) is 19.7. The third kappa shape index (κ3) is 6.31. The molecule has 0 heterocycles. The van der Waals surface area contributed by atoms with Crippen LogP contribution >= 0.6 is 0 Å². The molecule has 1 amide bonds. The molecule has 60 heavy (non-hydrogen) atoms. The summed E-state index contributed by atoms with van der Waals surface area (Å²) >= 11 is 0. The molecule has 0 spiro atoms. The maximum absolute atomic E-state index is 15.2. The topological polar surface area (TPSA) is 215 Å². The Labute approximate surface area is 346 Å². The number of amides is 1. The Morgan fingerprint density at radius 3 is 2.05 bits per heavy atom. The number of benzene rings is 3. The predicted octanol–water partition coefficient (Wildman–Crippen LogP) is 3.33. The van der Waals surface area contributed by atoms with Crippen LogP contribution in [-0.4, -0.2) is 105 Å². The van der Waals surface area contributed by atoms with Gasteiger partial charge in [0, 0.05) is 37.9 Å². The molecule has 4 bridgehead atoms. The molecule has 5 aliphatic carbocycles. The van der Waals surface area contributed by atoms with Crippen LogP contribution in [-0.2, 0) is 33.3 Å². The van der Waals surface area contributed by atoms with Crippen molar-refractivity contribution in [3.05, 3.63) is 131 Å². The molecule has 5 N–H and O–H groups in total. The van der Waals surface area contributed by atoms with Gasteiger partial charge in [0.15, 0.2) is 23.1 Å². The number of methoxy groups -OCH3 is 1. The fourth-order valence-corrected chi connectivity index (χ4v) is 10.6. The van der Waals surface area contributed by atoms with Crippen LogP contribution in [0.1, 0.15) is 72.9 Å². The molecule has 316 valence electrons. The molecule has 3 fully saturated rings. The van der Waals surface area contributed by atoms with E-state index < -0.39 is 107 Å². The lowest BCUT2D eigenvalue weighted by molar-refractivity contribution is -0.361. The Morgan fingerprint density at radius 2 is 1.48 bits per heavy atom. The summed E-state index contributed by atoms with van der Waals surface area (Å²) in [5.74, 6) is -5.95. The van der Waals surface area contributed by atoms with E-state index in [4.69, 9.17) is 18.9 Å². The summed E-state index contributed by atoms with van der Waals surface area (Å²) in [5.41, 5.74) is -8.93. The van der Waals surface area contributed by atoms with Crippen molar-refractivity contribution in [1.82, 2.24) is 5.32 Å². The van der Waals surface area contributed by atoms with Crippen LogP contribution in [0.3, 0.4) is 0 Å². The highest BCUT2D eigenvalue weighted by Crippen LogP contribution is 2.75. The molecular weight excluding hydrogens is 774 g/mol. The van der Waals surface area contributed by atoms with Crippen LogP contribution in [0.2, 0.25) is 0 Å². The van der Waals surface area contributed by atoms with E-state index in [-0.39, 0.29) is 23.1 Å². The number of ether oxygens (including phenoxy) is 4. The highest BCUT2D eigenvalue weighted by Gasteiger charge is 2.86. The standard InChI is InChI=1S/C46H49NO13/c1-26-31(58-40(55)35(51)34(28-15-9-6-10-16-28)47-38(53)29-17-11-7-12-18-29)23-46(56)43(4)24-45(46,60-39(54)30-19-13-8-14-20-30)41-42(3,37(52)36(57-5)33(26)43)22-21-32(50)44(41,25-48)59-27(2)49/h6-22,31-32,34-36,41,48,50-51,56H,23-25H2,1-5H3,(H,47,53)/t31-,32+,34-,35+,36+,41-,42-,43-,44-,45+,46-/m0/s1. The Hall–Kier alpha value is -5.51. The smallest absolute Gasteiger partial charge is 0.338 e. The van der Waals surface area contributed by atoms with E-state index in [2.05, 4.69) is 5.32 Å². The van der Waals surface area contributed by atoms with Crippen LogP contribution < -0.4 is 5.32 Å². The Kier molecular flexibility index (Phi) is 11.0. The number of rotatable bonds is 11. The summed E-state index contributed by atoms with van der Waals surface area (Å²) in [6.45, 7) is 4.74. The average Bonchev–Trinajstić information content (AvgIpc) is 3.24. The number of hydrogen-bond acceptors (Lipinski definition) is 13. The molecule has 3 aromatic carbocycles. The Bertz CT molecular complexity index is 2250. The van der Waals surface area contributed by atoms with Crippen molar-refractivity contribution in [2.75, 3.05) is 13.7 Å². The number of aliphatic hydroxyl groups is 4. The monoisotopic (exact) mass is 823 g/mol. The lowest BCUT2D eigenvalue weighted by atomic mass is 9.33. The first kappa shape index (κ1) is 42.6. The lowest BCUT2D eigenvalue weighted by Crippen LogP contribution is -2.88. The van der Waals surface area contributed by atoms with E-state index in [1.54, 1.807) is 92.7 Å². The number of carbonyl (C=O) groups excluding carboxylic acids is 5. The van der Waals surface area contributed by atoms with Gasteiger partial charge in [0.05, 0.1) is 29.5 Å². The molecular formula is C46H49NO13. The quantitative estimate of drug-likeness (QED) is 0.107. The van der Waals surface area contributed by atoms with Gasteiger partial charge in [0.2, 0.25) is 0 Å². The summed E-state index contributed by atoms with van der Waals surface area (Å²) in [7, 11) is 1.29. The molecule has 0 radical (unpaired) electrons. The van der Waals surface area contributed by atoms with Gasteiger partial charge in [-0.15, -0.1) is 0 Å². The number of allylic oxidation sites excluding steroid dienone is 1. The number of carbonyl (C=O) groups is 5.